The summed E-state index contributed by atoms with van der Waals surface area (Å²) in [6.45, 7) is 7.61. The van der Waals surface area contributed by atoms with E-state index in [-0.39, 0.29) is 19.1 Å². The number of nitrogens with one attached hydrogen (secondary N) is 1. The molecule has 0 bridgehead atoms. The molecule has 0 heterocycles. The summed E-state index contributed by atoms with van der Waals surface area (Å²) in [6.07, 6.45) is 4.33. The highest BCUT2D eigenvalue weighted by Crippen LogP contribution is 2.26. The van der Waals surface area contributed by atoms with Crippen LogP contribution in [0.15, 0.2) is 42.5 Å². The topological polar surface area (TPSA) is 81.7 Å². The lowest BCUT2D eigenvalue weighted by molar-refractivity contribution is 0.133. The van der Waals surface area contributed by atoms with Gasteiger partial charge in [0.1, 0.15) is 11.9 Å². The predicted octanol–water partition coefficient (Wildman–Crippen LogP) is 4.71. The third-order valence-corrected chi connectivity index (χ3v) is 6.92. The third kappa shape index (κ3) is 7.82. The fourth-order valence-electron chi connectivity index (χ4n) is 3.59. The third-order valence-electron chi connectivity index (χ3n) is 5.15. The zero-order chi connectivity index (χ0) is 21.3. The summed E-state index contributed by atoms with van der Waals surface area (Å²) in [5, 5.41) is 1.83. The van der Waals surface area contributed by atoms with Crippen LogP contribution in [0.5, 0.6) is 0 Å². The van der Waals surface area contributed by atoms with Crippen molar-refractivity contribution in [2.75, 3.05) is 0 Å². The van der Waals surface area contributed by atoms with Crippen LogP contribution in [0.4, 0.5) is 4.79 Å². The van der Waals surface area contributed by atoms with Crippen LogP contribution >= 0.6 is 0 Å². The molecule has 1 aliphatic rings. The van der Waals surface area contributed by atoms with E-state index in [1.165, 1.54) is 0 Å². The van der Waals surface area contributed by atoms with Gasteiger partial charge in [-0.1, -0.05) is 62.1 Å². The molecule has 29 heavy (non-hydrogen) atoms. The summed E-state index contributed by atoms with van der Waals surface area (Å²) in [5.41, 5.74) is 1.59. The van der Waals surface area contributed by atoms with Gasteiger partial charge in [-0.05, 0) is 38.2 Å². The number of hydrogen-bond donors (Lipinski definition) is 1. The van der Waals surface area contributed by atoms with Gasteiger partial charge in [0.25, 0.3) is 10.1 Å². The molecule has 0 unspecified atom stereocenters. The fourth-order valence-corrected chi connectivity index (χ4v) is 5.45. The fraction of sp³-hybridized carbons (Fsp3) is 0.591. The second kappa shape index (κ2) is 11.4. The molecule has 2 rings (SSSR count). The van der Waals surface area contributed by atoms with Crippen molar-refractivity contribution in [3.8, 4) is 0 Å². The van der Waals surface area contributed by atoms with E-state index in [1.807, 2.05) is 37.3 Å². The molecule has 2 atom stereocenters. The van der Waals surface area contributed by atoms with Gasteiger partial charge < -0.3 is 10.1 Å². The Morgan fingerprint density at radius 2 is 1.86 bits per heavy atom. The van der Waals surface area contributed by atoms with Crippen molar-refractivity contribution < 1.29 is 22.1 Å². The number of carbonyl (C=O) groups excluding carboxylic acids is 1. The zero-order valence-electron chi connectivity index (χ0n) is 17.4. The van der Waals surface area contributed by atoms with Crippen LogP contribution < -0.4 is 5.32 Å². The van der Waals surface area contributed by atoms with Crippen LogP contribution in [0, 0.1) is 0 Å². The number of alkyl carbamates (subject to hydrolysis) is 1. The molecule has 6 nitrogen and oxygen atoms in total. The second-order valence-electron chi connectivity index (χ2n) is 7.77. The second-order valence-corrected chi connectivity index (χ2v) is 9.55. The summed E-state index contributed by atoms with van der Waals surface area (Å²) in [6, 6.07) is 8.71. The van der Waals surface area contributed by atoms with Crippen molar-refractivity contribution in [1.29, 1.82) is 0 Å². The van der Waals surface area contributed by atoms with Gasteiger partial charge in [0.05, 0.1) is 12.1 Å². The highest BCUT2D eigenvalue weighted by atomic mass is 32.2. The Bertz CT molecular complexity index is 757. The number of rotatable bonds is 10. The predicted molar refractivity (Wildman–Crippen MR) is 114 cm³/mol. The molecule has 0 saturated heterocycles. The summed E-state index contributed by atoms with van der Waals surface area (Å²) in [4.78, 5) is 12.3. The maximum Gasteiger partial charge on any atom is 0.407 e. The van der Waals surface area contributed by atoms with Crippen LogP contribution in [0.25, 0.3) is 0 Å². The minimum atomic E-state index is -3.87. The van der Waals surface area contributed by atoms with Crippen molar-refractivity contribution in [3.63, 3.8) is 0 Å². The first-order valence-corrected chi connectivity index (χ1v) is 11.8. The molecule has 1 aromatic carbocycles. The summed E-state index contributed by atoms with van der Waals surface area (Å²) in [5.74, 6) is 0. The van der Waals surface area contributed by atoms with Gasteiger partial charge in [-0.25, -0.2) is 4.79 Å². The first kappa shape index (κ1) is 23.4. The molecule has 1 aliphatic carbocycles. The van der Waals surface area contributed by atoms with E-state index in [2.05, 4.69) is 11.9 Å². The van der Waals surface area contributed by atoms with E-state index in [0.29, 0.717) is 6.42 Å². The Labute approximate surface area is 174 Å². The number of benzene rings is 1. The minimum Gasteiger partial charge on any atom is -0.445 e. The van der Waals surface area contributed by atoms with E-state index in [0.717, 1.165) is 43.2 Å². The maximum absolute atomic E-state index is 13.0. The molecule has 1 N–H and O–H groups in total. The molecule has 0 aliphatic heterocycles. The maximum atomic E-state index is 13.0. The summed E-state index contributed by atoms with van der Waals surface area (Å²) >= 11 is 0. The van der Waals surface area contributed by atoms with Crippen molar-refractivity contribution in [1.82, 2.24) is 5.32 Å². The molecule has 1 amide bonds. The monoisotopic (exact) mass is 423 g/mol. The van der Waals surface area contributed by atoms with Crippen LogP contribution in [0.1, 0.15) is 64.4 Å². The minimum absolute atomic E-state index is 0.125. The number of carbonyl (C=O) groups is 1. The zero-order valence-corrected chi connectivity index (χ0v) is 18.2. The van der Waals surface area contributed by atoms with Crippen LogP contribution in [0.2, 0.25) is 0 Å². The van der Waals surface area contributed by atoms with Gasteiger partial charge in [-0.2, -0.15) is 8.42 Å². The Kier molecular flexibility index (Phi) is 9.17. The number of hydrogen-bond acceptors (Lipinski definition) is 5. The normalized spacial score (nSPS) is 17.3. The van der Waals surface area contributed by atoms with Crippen LogP contribution in [0.3, 0.4) is 0 Å². The van der Waals surface area contributed by atoms with Crippen LogP contribution in [-0.2, 0) is 25.6 Å². The average molecular weight is 424 g/mol. The van der Waals surface area contributed by atoms with E-state index in [9.17, 15) is 13.2 Å². The van der Waals surface area contributed by atoms with E-state index in [4.69, 9.17) is 8.92 Å². The van der Waals surface area contributed by atoms with Crippen molar-refractivity contribution in [2.45, 2.75) is 82.8 Å². The molecule has 1 saturated carbocycles. The molecule has 7 heteroatoms. The molecule has 162 valence electrons. The van der Waals surface area contributed by atoms with Gasteiger partial charge in [-0.3, -0.25) is 4.18 Å². The molecule has 0 aromatic heterocycles. The number of allylic oxidation sites excluding steroid dienone is 1. The van der Waals surface area contributed by atoms with E-state index >= 15 is 0 Å². The van der Waals surface area contributed by atoms with Gasteiger partial charge in [-0.15, -0.1) is 6.58 Å². The standard InChI is InChI=1S/C22H33NO5S/c1-4-20(23-22(24)27-16-18-11-7-5-8-12-18)21(15-17(2)3)29(25,26)28-19-13-9-6-10-14-19/h5,7-8,11-12,19-21H,2,4,6,9-10,13-16H2,1,3H3,(H,23,24)/t20-,21-/m1/s1. The lowest BCUT2D eigenvalue weighted by Gasteiger charge is -2.29. The van der Waals surface area contributed by atoms with Crippen molar-refractivity contribution >= 4 is 16.2 Å². The largest absolute Gasteiger partial charge is 0.445 e. The molecule has 0 radical (unpaired) electrons. The number of amides is 1. The Hall–Kier alpha value is -1.86. The smallest absolute Gasteiger partial charge is 0.407 e. The summed E-state index contributed by atoms with van der Waals surface area (Å²) < 4.78 is 36.9. The van der Waals surface area contributed by atoms with Gasteiger partial charge in [0, 0.05) is 0 Å². The van der Waals surface area contributed by atoms with Gasteiger partial charge >= 0.3 is 6.09 Å². The first-order chi connectivity index (χ1) is 13.8. The lowest BCUT2D eigenvalue weighted by atomic mass is 9.98. The molecular formula is C22H33NO5S. The van der Waals surface area contributed by atoms with Crippen molar-refractivity contribution in [2.24, 2.45) is 0 Å². The van der Waals surface area contributed by atoms with Gasteiger partial charge in [0.15, 0.2) is 0 Å². The highest BCUT2D eigenvalue weighted by molar-refractivity contribution is 7.87. The molecular weight excluding hydrogens is 390 g/mol. The quantitative estimate of drug-likeness (QED) is 0.435. The molecule has 1 fully saturated rings. The average Bonchev–Trinajstić information content (AvgIpc) is 2.70. The number of ether oxygens (including phenoxy) is 1. The summed E-state index contributed by atoms with van der Waals surface area (Å²) in [7, 11) is -3.87. The SMILES string of the molecule is C=C(C)C[C@H]([C@@H](CC)NC(=O)OCc1ccccc1)S(=O)(=O)OC1CCCCC1. The van der Waals surface area contributed by atoms with E-state index in [1.54, 1.807) is 6.92 Å². The lowest BCUT2D eigenvalue weighted by Crippen LogP contribution is -2.48. The Morgan fingerprint density at radius 1 is 1.21 bits per heavy atom. The van der Waals surface area contributed by atoms with Crippen LogP contribution in [-0.4, -0.2) is 31.9 Å². The Morgan fingerprint density at radius 3 is 2.45 bits per heavy atom. The highest BCUT2D eigenvalue weighted by Gasteiger charge is 2.36. The molecule has 0 spiro atoms. The first-order valence-electron chi connectivity index (χ1n) is 10.4. The molecule has 1 aromatic rings. The van der Waals surface area contributed by atoms with Crippen molar-refractivity contribution in [3.05, 3.63) is 48.0 Å². The van der Waals surface area contributed by atoms with Gasteiger partial charge in [0.2, 0.25) is 0 Å². The Balaban J connectivity index is 2.04. The van der Waals surface area contributed by atoms with E-state index < -0.39 is 27.5 Å².